The van der Waals surface area contributed by atoms with Crippen LogP contribution in [0.2, 0.25) is 0 Å². The SMILES string of the molecule is COc1cc(Nc2cc(F)cc(C#N)c2)c(Br)cc1Br. The lowest BCUT2D eigenvalue weighted by atomic mass is 10.2. The van der Waals surface area contributed by atoms with Gasteiger partial charge in [-0.1, -0.05) is 0 Å². The maximum atomic E-state index is 13.4. The summed E-state index contributed by atoms with van der Waals surface area (Å²) in [6.45, 7) is 0. The number of nitriles is 1. The largest absolute Gasteiger partial charge is 0.495 e. The Hall–Kier alpha value is -1.58. The molecule has 0 heterocycles. The zero-order chi connectivity index (χ0) is 14.7. The number of anilines is 2. The van der Waals surface area contributed by atoms with Gasteiger partial charge in [0.15, 0.2) is 0 Å². The van der Waals surface area contributed by atoms with E-state index in [1.807, 2.05) is 12.1 Å². The lowest BCUT2D eigenvalue weighted by Gasteiger charge is -2.12. The standard InChI is InChI=1S/C14H9Br2FN2O/c1-20-14-6-13(11(15)5-12(14)16)19-10-3-8(7-18)2-9(17)4-10/h2-6,19H,1H3. The zero-order valence-corrected chi connectivity index (χ0v) is 13.5. The highest BCUT2D eigenvalue weighted by atomic mass is 79.9. The van der Waals surface area contributed by atoms with E-state index in [9.17, 15) is 4.39 Å². The van der Waals surface area contributed by atoms with Crippen LogP contribution in [0, 0.1) is 17.1 Å². The fraction of sp³-hybridized carbons (Fsp3) is 0.0714. The molecule has 2 aromatic rings. The summed E-state index contributed by atoms with van der Waals surface area (Å²) in [6, 6.07) is 9.59. The topological polar surface area (TPSA) is 45.0 Å². The first kappa shape index (κ1) is 14.8. The van der Waals surface area contributed by atoms with E-state index in [2.05, 4.69) is 37.2 Å². The minimum absolute atomic E-state index is 0.257. The number of halogens is 3. The summed E-state index contributed by atoms with van der Waals surface area (Å²) in [6.07, 6.45) is 0. The lowest BCUT2D eigenvalue weighted by Crippen LogP contribution is -1.95. The lowest BCUT2D eigenvalue weighted by molar-refractivity contribution is 0.412. The van der Waals surface area contributed by atoms with Crippen LogP contribution >= 0.6 is 31.9 Å². The van der Waals surface area contributed by atoms with Crippen LogP contribution in [0.25, 0.3) is 0 Å². The molecule has 0 fully saturated rings. The molecule has 0 aliphatic rings. The molecule has 102 valence electrons. The van der Waals surface area contributed by atoms with E-state index in [1.165, 1.54) is 12.1 Å². The van der Waals surface area contributed by atoms with Crippen LogP contribution in [-0.4, -0.2) is 7.11 Å². The minimum atomic E-state index is -0.466. The van der Waals surface area contributed by atoms with Gasteiger partial charge in [-0.05, 0) is 56.1 Å². The van der Waals surface area contributed by atoms with Crippen molar-refractivity contribution in [2.24, 2.45) is 0 Å². The van der Waals surface area contributed by atoms with E-state index < -0.39 is 5.82 Å². The van der Waals surface area contributed by atoms with Crippen molar-refractivity contribution in [1.29, 1.82) is 5.26 Å². The quantitative estimate of drug-likeness (QED) is 0.791. The number of hydrogen-bond donors (Lipinski definition) is 1. The van der Waals surface area contributed by atoms with Gasteiger partial charge in [0.1, 0.15) is 11.6 Å². The van der Waals surface area contributed by atoms with Gasteiger partial charge in [-0.25, -0.2) is 4.39 Å². The van der Waals surface area contributed by atoms with Gasteiger partial charge in [-0.2, -0.15) is 5.26 Å². The predicted octanol–water partition coefficient (Wildman–Crippen LogP) is 4.97. The molecule has 0 bridgehead atoms. The number of hydrogen-bond acceptors (Lipinski definition) is 3. The van der Waals surface area contributed by atoms with Crippen molar-refractivity contribution in [3.8, 4) is 11.8 Å². The number of nitrogens with one attached hydrogen (secondary N) is 1. The van der Waals surface area contributed by atoms with Crippen molar-refractivity contribution in [1.82, 2.24) is 0 Å². The molecule has 0 atom stereocenters. The summed E-state index contributed by atoms with van der Waals surface area (Å²) in [5.74, 6) is 0.180. The van der Waals surface area contributed by atoms with Crippen LogP contribution in [0.4, 0.5) is 15.8 Å². The van der Waals surface area contributed by atoms with E-state index in [4.69, 9.17) is 10.00 Å². The van der Waals surface area contributed by atoms with E-state index in [-0.39, 0.29) is 5.56 Å². The van der Waals surface area contributed by atoms with Gasteiger partial charge in [-0.3, -0.25) is 0 Å². The van der Waals surface area contributed by atoms with Crippen molar-refractivity contribution < 1.29 is 9.13 Å². The zero-order valence-electron chi connectivity index (χ0n) is 10.4. The Bertz CT molecular complexity index is 698. The maximum Gasteiger partial charge on any atom is 0.135 e. The smallest absolute Gasteiger partial charge is 0.135 e. The molecule has 0 amide bonds. The minimum Gasteiger partial charge on any atom is -0.495 e. The Morgan fingerprint density at radius 1 is 1.15 bits per heavy atom. The van der Waals surface area contributed by atoms with Crippen LogP contribution in [0.3, 0.4) is 0 Å². The molecular formula is C14H9Br2FN2O. The van der Waals surface area contributed by atoms with Crippen molar-refractivity contribution in [2.45, 2.75) is 0 Å². The summed E-state index contributed by atoms with van der Waals surface area (Å²) < 4.78 is 20.2. The molecule has 0 saturated heterocycles. The monoisotopic (exact) mass is 398 g/mol. The van der Waals surface area contributed by atoms with E-state index >= 15 is 0 Å². The average molecular weight is 400 g/mol. The van der Waals surface area contributed by atoms with Crippen LogP contribution in [0.1, 0.15) is 5.56 Å². The van der Waals surface area contributed by atoms with Crippen LogP contribution in [0.15, 0.2) is 39.3 Å². The van der Waals surface area contributed by atoms with Gasteiger partial charge in [0.05, 0.1) is 28.9 Å². The Labute approximate surface area is 132 Å². The van der Waals surface area contributed by atoms with Gasteiger partial charge < -0.3 is 10.1 Å². The van der Waals surface area contributed by atoms with Crippen LogP contribution < -0.4 is 10.1 Å². The predicted molar refractivity (Wildman–Crippen MR) is 82.8 cm³/mol. The summed E-state index contributed by atoms with van der Waals surface area (Å²) in [4.78, 5) is 0. The first-order chi connectivity index (χ1) is 9.53. The second-order valence-electron chi connectivity index (χ2n) is 3.93. The number of benzene rings is 2. The van der Waals surface area contributed by atoms with Gasteiger partial charge in [-0.15, -0.1) is 0 Å². The second-order valence-corrected chi connectivity index (χ2v) is 5.64. The van der Waals surface area contributed by atoms with Crippen molar-refractivity contribution in [3.63, 3.8) is 0 Å². The highest BCUT2D eigenvalue weighted by Crippen LogP contribution is 2.36. The number of ether oxygens (including phenoxy) is 1. The summed E-state index contributed by atoms with van der Waals surface area (Å²) in [5.41, 5.74) is 1.46. The van der Waals surface area contributed by atoms with Gasteiger partial charge in [0, 0.05) is 16.2 Å². The molecule has 0 aliphatic carbocycles. The first-order valence-electron chi connectivity index (χ1n) is 5.54. The number of rotatable bonds is 3. The van der Waals surface area contributed by atoms with Crippen molar-refractivity contribution in [2.75, 3.05) is 12.4 Å². The third kappa shape index (κ3) is 3.30. The fourth-order valence-electron chi connectivity index (χ4n) is 1.66. The number of methoxy groups -OCH3 is 1. The third-order valence-electron chi connectivity index (χ3n) is 2.55. The summed E-state index contributed by atoms with van der Waals surface area (Å²) >= 11 is 6.79. The molecule has 6 heteroatoms. The molecule has 1 N–H and O–H groups in total. The molecule has 2 rings (SSSR count). The Kier molecular flexibility index (Phi) is 4.63. The Morgan fingerprint density at radius 2 is 1.90 bits per heavy atom. The third-order valence-corrected chi connectivity index (χ3v) is 3.82. The van der Waals surface area contributed by atoms with E-state index in [1.54, 1.807) is 19.2 Å². The summed E-state index contributed by atoms with van der Waals surface area (Å²) in [7, 11) is 1.56. The van der Waals surface area contributed by atoms with Gasteiger partial charge in [0.25, 0.3) is 0 Å². The molecule has 0 unspecified atom stereocenters. The molecule has 0 radical (unpaired) electrons. The molecular weight excluding hydrogens is 391 g/mol. The highest BCUT2D eigenvalue weighted by Gasteiger charge is 2.08. The molecule has 20 heavy (non-hydrogen) atoms. The highest BCUT2D eigenvalue weighted by molar-refractivity contribution is 9.11. The van der Waals surface area contributed by atoms with Gasteiger partial charge in [0.2, 0.25) is 0 Å². The van der Waals surface area contributed by atoms with E-state index in [0.29, 0.717) is 17.1 Å². The van der Waals surface area contributed by atoms with Crippen LogP contribution in [0.5, 0.6) is 5.75 Å². The Morgan fingerprint density at radius 3 is 2.55 bits per heavy atom. The van der Waals surface area contributed by atoms with Gasteiger partial charge >= 0.3 is 0 Å². The fourth-order valence-corrected chi connectivity index (χ4v) is 2.92. The first-order valence-corrected chi connectivity index (χ1v) is 7.13. The van der Waals surface area contributed by atoms with Crippen LogP contribution in [-0.2, 0) is 0 Å². The second kappa shape index (κ2) is 6.25. The molecule has 0 aromatic heterocycles. The van der Waals surface area contributed by atoms with Crippen molar-refractivity contribution in [3.05, 3.63) is 50.7 Å². The molecule has 2 aromatic carbocycles. The number of nitrogens with zero attached hydrogens (tertiary/aromatic N) is 1. The molecule has 0 spiro atoms. The van der Waals surface area contributed by atoms with E-state index in [0.717, 1.165) is 8.95 Å². The molecule has 0 saturated carbocycles. The normalized spacial score (nSPS) is 9.95. The van der Waals surface area contributed by atoms with Crippen molar-refractivity contribution >= 4 is 43.2 Å². The Balaban J connectivity index is 2.40. The molecule has 3 nitrogen and oxygen atoms in total. The summed E-state index contributed by atoms with van der Waals surface area (Å²) in [5, 5.41) is 11.9. The average Bonchev–Trinajstić information content (AvgIpc) is 2.41. The maximum absolute atomic E-state index is 13.4. The molecule has 0 aliphatic heterocycles.